The van der Waals surface area contributed by atoms with Gasteiger partial charge in [-0.3, -0.25) is 10.1 Å². The molecule has 0 aliphatic rings. The maximum atomic E-state index is 11.6. The van der Waals surface area contributed by atoms with Gasteiger partial charge in [-0.15, -0.1) is 0 Å². The van der Waals surface area contributed by atoms with Crippen LogP contribution in [-0.4, -0.2) is 19.9 Å². The van der Waals surface area contributed by atoms with Gasteiger partial charge in [0.1, 0.15) is 10.6 Å². The number of aryl methyl sites for hydroxylation is 1. The summed E-state index contributed by atoms with van der Waals surface area (Å²) in [5.74, 6) is 0.0969. The Labute approximate surface area is 124 Å². The van der Waals surface area contributed by atoms with Crippen molar-refractivity contribution in [2.75, 3.05) is 6.61 Å². The molecule has 1 rings (SSSR count). The normalized spacial score (nSPS) is 11.4. The summed E-state index contributed by atoms with van der Waals surface area (Å²) in [6.07, 6.45) is 3.92. The lowest BCUT2D eigenvalue weighted by molar-refractivity contribution is -0.385. The van der Waals surface area contributed by atoms with E-state index >= 15 is 0 Å². The first kappa shape index (κ1) is 17.4. The van der Waals surface area contributed by atoms with E-state index in [0.717, 1.165) is 31.7 Å². The van der Waals surface area contributed by atoms with Gasteiger partial charge >= 0.3 is 0 Å². The monoisotopic (exact) mass is 316 g/mol. The van der Waals surface area contributed by atoms with Gasteiger partial charge in [-0.1, -0.05) is 26.2 Å². The number of nitrogens with two attached hydrogens (primary N) is 1. The van der Waals surface area contributed by atoms with Gasteiger partial charge in [-0.25, -0.2) is 13.6 Å². The average molecular weight is 316 g/mol. The number of hydrogen-bond acceptors (Lipinski definition) is 5. The Balaban J connectivity index is 3.04. The summed E-state index contributed by atoms with van der Waals surface area (Å²) in [7, 11) is -4.09. The number of ether oxygens (including phenoxy) is 1. The molecule has 0 atom stereocenters. The summed E-state index contributed by atoms with van der Waals surface area (Å²) in [5.41, 5.74) is 0.0542. The molecule has 0 aliphatic heterocycles. The van der Waals surface area contributed by atoms with Crippen LogP contribution >= 0.6 is 0 Å². The van der Waals surface area contributed by atoms with Crippen LogP contribution in [0, 0.1) is 17.0 Å². The Morgan fingerprint density at radius 1 is 1.29 bits per heavy atom. The minimum Gasteiger partial charge on any atom is -0.492 e. The quantitative estimate of drug-likeness (QED) is 0.450. The maximum absolute atomic E-state index is 11.6. The first-order valence-electron chi connectivity index (χ1n) is 6.72. The van der Waals surface area contributed by atoms with Crippen LogP contribution < -0.4 is 9.88 Å². The first-order valence-corrected chi connectivity index (χ1v) is 8.26. The number of non-ortho nitro benzene ring substituents is 1. The fraction of sp³-hybridized carbons (Fsp3) is 0.538. The second kappa shape index (κ2) is 7.37. The predicted octanol–water partition coefficient (Wildman–Crippen LogP) is 2.51. The second-order valence-electron chi connectivity index (χ2n) is 4.80. The highest BCUT2D eigenvalue weighted by Gasteiger charge is 2.22. The number of nitro groups is 1. The molecule has 0 aromatic heterocycles. The van der Waals surface area contributed by atoms with Crippen molar-refractivity contribution in [3.05, 3.63) is 27.8 Å². The third kappa shape index (κ3) is 4.98. The molecule has 0 aliphatic carbocycles. The molecule has 21 heavy (non-hydrogen) atoms. The number of rotatable bonds is 8. The van der Waals surface area contributed by atoms with Crippen LogP contribution in [0.5, 0.6) is 5.75 Å². The average Bonchev–Trinajstić information content (AvgIpc) is 2.38. The summed E-state index contributed by atoms with van der Waals surface area (Å²) < 4.78 is 28.7. The Morgan fingerprint density at radius 2 is 1.95 bits per heavy atom. The predicted molar refractivity (Wildman–Crippen MR) is 78.8 cm³/mol. The van der Waals surface area contributed by atoms with Gasteiger partial charge in [-0.2, -0.15) is 0 Å². The summed E-state index contributed by atoms with van der Waals surface area (Å²) in [5, 5.41) is 15.9. The third-order valence-electron chi connectivity index (χ3n) is 2.99. The molecule has 118 valence electrons. The van der Waals surface area contributed by atoms with Crippen molar-refractivity contribution in [1.82, 2.24) is 0 Å². The zero-order chi connectivity index (χ0) is 16.0. The fourth-order valence-electron chi connectivity index (χ4n) is 1.93. The van der Waals surface area contributed by atoms with Gasteiger partial charge in [-0.05, 0) is 18.9 Å². The molecule has 0 radical (unpaired) electrons. The van der Waals surface area contributed by atoms with Gasteiger partial charge in [0, 0.05) is 12.1 Å². The van der Waals surface area contributed by atoms with Crippen molar-refractivity contribution < 1.29 is 18.1 Å². The molecular formula is C13H20N2O5S. The van der Waals surface area contributed by atoms with E-state index in [0.29, 0.717) is 12.2 Å². The number of nitrogens with zero attached hydrogens (tertiary/aromatic N) is 1. The highest BCUT2D eigenvalue weighted by molar-refractivity contribution is 7.89. The van der Waals surface area contributed by atoms with E-state index in [1.807, 2.05) is 0 Å². The molecule has 0 fully saturated rings. The number of nitro benzene ring substituents is 1. The molecule has 1 aromatic carbocycles. The molecule has 0 spiro atoms. The molecule has 0 bridgehead atoms. The lowest BCUT2D eigenvalue weighted by Gasteiger charge is -2.13. The van der Waals surface area contributed by atoms with E-state index in [4.69, 9.17) is 9.88 Å². The molecule has 1 aromatic rings. The largest absolute Gasteiger partial charge is 0.492 e. The van der Waals surface area contributed by atoms with E-state index in [1.165, 1.54) is 6.07 Å². The van der Waals surface area contributed by atoms with Gasteiger partial charge in [0.2, 0.25) is 10.0 Å². The summed E-state index contributed by atoms with van der Waals surface area (Å²) >= 11 is 0. The molecule has 0 saturated carbocycles. The summed E-state index contributed by atoms with van der Waals surface area (Å²) in [6.45, 7) is 3.99. The van der Waals surface area contributed by atoms with Crippen LogP contribution in [0.4, 0.5) is 5.69 Å². The third-order valence-corrected chi connectivity index (χ3v) is 3.90. The van der Waals surface area contributed by atoms with Crippen LogP contribution in [0.1, 0.15) is 38.2 Å². The highest BCUT2D eigenvalue weighted by atomic mass is 32.2. The van der Waals surface area contributed by atoms with Crippen molar-refractivity contribution in [2.45, 2.75) is 44.4 Å². The topological polar surface area (TPSA) is 113 Å². The lowest BCUT2D eigenvalue weighted by atomic mass is 10.2. The SMILES string of the molecule is CCCCCCOc1c(C)cc([N+](=O)[O-])cc1S(N)(=O)=O. The van der Waals surface area contributed by atoms with Gasteiger partial charge in [0.25, 0.3) is 5.69 Å². The van der Waals surface area contributed by atoms with Gasteiger partial charge < -0.3 is 4.74 Å². The van der Waals surface area contributed by atoms with Crippen LogP contribution in [0.25, 0.3) is 0 Å². The maximum Gasteiger partial charge on any atom is 0.271 e. The second-order valence-corrected chi connectivity index (χ2v) is 6.33. The molecule has 0 unspecified atom stereocenters. The fourth-order valence-corrected chi connectivity index (χ4v) is 2.69. The molecule has 0 amide bonds. The zero-order valence-electron chi connectivity index (χ0n) is 12.2. The van der Waals surface area contributed by atoms with Crippen LogP contribution in [-0.2, 0) is 10.0 Å². The standard InChI is InChI=1S/C13H20N2O5S/c1-3-4-5-6-7-20-13-10(2)8-11(15(16)17)9-12(13)21(14,18)19/h8-9H,3-7H2,1-2H3,(H2,14,18,19). The minimum absolute atomic E-state index is 0.0969. The van der Waals surface area contributed by atoms with E-state index in [9.17, 15) is 18.5 Å². The molecule has 0 heterocycles. The van der Waals surface area contributed by atoms with Crippen molar-refractivity contribution in [1.29, 1.82) is 0 Å². The Hall–Kier alpha value is -1.67. The van der Waals surface area contributed by atoms with E-state index in [1.54, 1.807) is 6.92 Å². The molecule has 8 heteroatoms. The first-order chi connectivity index (χ1) is 9.77. The minimum atomic E-state index is -4.09. The smallest absolute Gasteiger partial charge is 0.271 e. The number of primary sulfonamides is 1. The zero-order valence-corrected chi connectivity index (χ0v) is 13.0. The molecular weight excluding hydrogens is 296 g/mol. The van der Waals surface area contributed by atoms with Crippen LogP contribution in [0.2, 0.25) is 0 Å². The number of sulfonamides is 1. The number of hydrogen-bond donors (Lipinski definition) is 1. The molecule has 7 nitrogen and oxygen atoms in total. The molecule has 0 saturated heterocycles. The Kier molecular flexibility index (Phi) is 6.10. The van der Waals surface area contributed by atoms with Crippen molar-refractivity contribution in [3.63, 3.8) is 0 Å². The van der Waals surface area contributed by atoms with Gasteiger partial charge in [0.05, 0.1) is 11.5 Å². The van der Waals surface area contributed by atoms with E-state index < -0.39 is 14.9 Å². The Morgan fingerprint density at radius 3 is 2.48 bits per heavy atom. The highest BCUT2D eigenvalue weighted by Crippen LogP contribution is 2.31. The van der Waals surface area contributed by atoms with Crippen molar-refractivity contribution in [3.8, 4) is 5.75 Å². The van der Waals surface area contributed by atoms with Gasteiger partial charge in [0.15, 0.2) is 0 Å². The van der Waals surface area contributed by atoms with Crippen LogP contribution in [0.3, 0.4) is 0 Å². The summed E-state index contributed by atoms with van der Waals surface area (Å²) in [4.78, 5) is 9.80. The van der Waals surface area contributed by atoms with E-state index in [2.05, 4.69) is 6.92 Å². The van der Waals surface area contributed by atoms with E-state index in [-0.39, 0.29) is 16.3 Å². The van der Waals surface area contributed by atoms with Crippen molar-refractivity contribution >= 4 is 15.7 Å². The number of benzene rings is 1. The lowest BCUT2D eigenvalue weighted by Crippen LogP contribution is -2.15. The van der Waals surface area contributed by atoms with Crippen LogP contribution in [0.15, 0.2) is 17.0 Å². The Bertz CT molecular complexity index is 613. The molecule has 2 N–H and O–H groups in total. The van der Waals surface area contributed by atoms with Crippen molar-refractivity contribution in [2.24, 2.45) is 5.14 Å². The number of unbranched alkanes of at least 4 members (excludes halogenated alkanes) is 3. The summed E-state index contributed by atoms with van der Waals surface area (Å²) in [6, 6.07) is 2.21.